The van der Waals surface area contributed by atoms with Gasteiger partial charge in [0.05, 0.1) is 0 Å². The van der Waals surface area contributed by atoms with Gasteiger partial charge in [-0.05, 0) is 43.0 Å². The molecule has 3 heteroatoms. The molecule has 0 atom stereocenters. The van der Waals surface area contributed by atoms with Crippen molar-refractivity contribution in [2.45, 2.75) is 26.7 Å². The highest BCUT2D eigenvalue weighted by Crippen LogP contribution is 2.20. The molecule has 0 fully saturated rings. The van der Waals surface area contributed by atoms with E-state index in [4.69, 9.17) is 0 Å². The van der Waals surface area contributed by atoms with Gasteiger partial charge in [-0.2, -0.15) is 0 Å². The second-order valence-corrected chi connectivity index (χ2v) is 5.23. The first-order chi connectivity index (χ1) is 10.1. The van der Waals surface area contributed by atoms with E-state index in [0.29, 0.717) is 0 Å². The van der Waals surface area contributed by atoms with Gasteiger partial charge in [0.1, 0.15) is 0 Å². The Bertz CT molecular complexity index is 593. The standard InChI is InChI=1S/C18H22N2O/c1-14-10-11-17(20-15(2)21)13-18(14)19-12-6-9-16-7-4-3-5-8-16/h3-5,7-8,10-11,13,19H,6,9,12H2,1-2H3,(H,20,21). The van der Waals surface area contributed by atoms with Gasteiger partial charge in [0, 0.05) is 24.8 Å². The fourth-order valence-corrected chi connectivity index (χ4v) is 2.25. The van der Waals surface area contributed by atoms with Crippen LogP contribution in [0, 0.1) is 6.92 Å². The first-order valence-corrected chi connectivity index (χ1v) is 7.31. The Morgan fingerprint density at radius 2 is 1.86 bits per heavy atom. The summed E-state index contributed by atoms with van der Waals surface area (Å²) in [6.45, 7) is 4.50. The average Bonchev–Trinajstić information content (AvgIpc) is 2.47. The molecule has 0 aliphatic carbocycles. The predicted octanol–water partition coefficient (Wildman–Crippen LogP) is 4.00. The molecule has 2 aromatic carbocycles. The van der Waals surface area contributed by atoms with E-state index in [2.05, 4.69) is 41.8 Å². The van der Waals surface area contributed by atoms with Crippen LogP contribution < -0.4 is 10.6 Å². The number of aryl methyl sites for hydroxylation is 2. The molecule has 0 aliphatic heterocycles. The van der Waals surface area contributed by atoms with E-state index in [0.717, 1.165) is 30.8 Å². The van der Waals surface area contributed by atoms with E-state index in [1.54, 1.807) is 0 Å². The number of carbonyl (C=O) groups excluding carboxylic acids is 1. The van der Waals surface area contributed by atoms with Gasteiger partial charge in [0.15, 0.2) is 0 Å². The van der Waals surface area contributed by atoms with Gasteiger partial charge in [-0.25, -0.2) is 0 Å². The molecule has 21 heavy (non-hydrogen) atoms. The van der Waals surface area contributed by atoms with E-state index < -0.39 is 0 Å². The minimum absolute atomic E-state index is 0.0473. The molecule has 0 heterocycles. The summed E-state index contributed by atoms with van der Waals surface area (Å²) < 4.78 is 0. The molecule has 2 aromatic rings. The van der Waals surface area contributed by atoms with Crippen molar-refractivity contribution >= 4 is 17.3 Å². The number of amides is 1. The monoisotopic (exact) mass is 282 g/mol. The zero-order valence-corrected chi connectivity index (χ0v) is 12.6. The molecule has 0 spiro atoms. The van der Waals surface area contributed by atoms with Crippen LogP contribution in [0.1, 0.15) is 24.5 Å². The van der Waals surface area contributed by atoms with Crippen molar-refractivity contribution in [2.24, 2.45) is 0 Å². The van der Waals surface area contributed by atoms with E-state index in [1.807, 2.05) is 24.3 Å². The minimum Gasteiger partial charge on any atom is -0.385 e. The van der Waals surface area contributed by atoms with Gasteiger partial charge in [0.2, 0.25) is 5.91 Å². The van der Waals surface area contributed by atoms with Crippen molar-refractivity contribution in [3.8, 4) is 0 Å². The van der Waals surface area contributed by atoms with Crippen LogP contribution in [0.3, 0.4) is 0 Å². The summed E-state index contributed by atoms with van der Waals surface area (Å²) >= 11 is 0. The zero-order chi connectivity index (χ0) is 15.1. The second kappa shape index (κ2) is 7.48. The predicted molar refractivity (Wildman–Crippen MR) is 88.7 cm³/mol. The SMILES string of the molecule is CC(=O)Nc1ccc(C)c(NCCCc2ccccc2)c1. The molecule has 1 amide bonds. The van der Waals surface area contributed by atoms with Crippen LogP contribution in [0.5, 0.6) is 0 Å². The van der Waals surface area contributed by atoms with Crippen molar-refractivity contribution in [3.63, 3.8) is 0 Å². The van der Waals surface area contributed by atoms with E-state index >= 15 is 0 Å². The molecule has 0 aliphatic rings. The lowest BCUT2D eigenvalue weighted by atomic mass is 10.1. The third kappa shape index (κ3) is 4.95. The van der Waals surface area contributed by atoms with Gasteiger partial charge < -0.3 is 10.6 Å². The minimum atomic E-state index is -0.0473. The first kappa shape index (κ1) is 15.1. The summed E-state index contributed by atoms with van der Waals surface area (Å²) in [6, 6.07) is 16.4. The fourth-order valence-electron chi connectivity index (χ4n) is 2.25. The van der Waals surface area contributed by atoms with Crippen molar-refractivity contribution in [1.82, 2.24) is 0 Å². The molecule has 0 unspecified atom stereocenters. The molecule has 0 saturated heterocycles. The van der Waals surface area contributed by atoms with Crippen LogP contribution >= 0.6 is 0 Å². The van der Waals surface area contributed by atoms with Gasteiger partial charge in [-0.3, -0.25) is 4.79 Å². The third-order valence-corrected chi connectivity index (χ3v) is 3.36. The molecule has 2 N–H and O–H groups in total. The summed E-state index contributed by atoms with van der Waals surface area (Å²) in [6.07, 6.45) is 2.14. The van der Waals surface area contributed by atoms with Crippen LogP contribution in [0.2, 0.25) is 0 Å². The molecule has 0 radical (unpaired) electrons. The summed E-state index contributed by atoms with van der Waals surface area (Å²) in [5.41, 5.74) is 4.46. The number of anilines is 2. The van der Waals surface area contributed by atoms with Gasteiger partial charge in [0.25, 0.3) is 0 Å². The van der Waals surface area contributed by atoms with E-state index in [1.165, 1.54) is 18.1 Å². The fraction of sp³-hybridized carbons (Fsp3) is 0.278. The van der Waals surface area contributed by atoms with Crippen LogP contribution in [-0.4, -0.2) is 12.5 Å². The Hall–Kier alpha value is -2.29. The molecule has 3 nitrogen and oxygen atoms in total. The third-order valence-electron chi connectivity index (χ3n) is 3.36. The number of hydrogen-bond donors (Lipinski definition) is 2. The lowest BCUT2D eigenvalue weighted by Crippen LogP contribution is -2.08. The maximum atomic E-state index is 11.1. The van der Waals surface area contributed by atoms with Crippen LogP contribution in [0.25, 0.3) is 0 Å². The Morgan fingerprint density at radius 1 is 1.10 bits per heavy atom. The van der Waals surface area contributed by atoms with E-state index in [-0.39, 0.29) is 5.91 Å². The Kier molecular flexibility index (Phi) is 5.38. The molecule has 110 valence electrons. The summed E-state index contributed by atoms with van der Waals surface area (Å²) in [7, 11) is 0. The number of nitrogens with one attached hydrogen (secondary N) is 2. The lowest BCUT2D eigenvalue weighted by molar-refractivity contribution is -0.114. The lowest BCUT2D eigenvalue weighted by Gasteiger charge is -2.12. The number of hydrogen-bond acceptors (Lipinski definition) is 2. The maximum absolute atomic E-state index is 11.1. The second-order valence-electron chi connectivity index (χ2n) is 5.23. The smallest absolute Gasteiger partial charge is 0.221 e. The average molecular weight is 282 g/mol. The van der Waals surface area contributed by atoms with Crippen LogP contribution in [-0.2, 0) is 11.2 Å². The quantitative estimate of drug-likeness (QED) is 0.786. The highest BCUT2D eigenvalue weighted by Gasteiger charge is 2.01. The van der Waals surface area contributed by atoms with Crippen LogP contribution in [0.15, 0.2) is 48.5 Å². The maximum Gasteiger partial charge on any atom is 0.221 e. The van der Waals surface area contributed by atoms with Gasteiger partial charge in [-0.1, -0.05) is 36.4 Å². The molecular formula is C18H22N2O. The van der Waals surface area contributed by atoms with Crippen LogP contribution in [0.4, 0.5) is 11.4 Å². The first-order valence-electron chi connectivity index (χ1n) is 7.31. The molecule has 0 bridgehead atoms. The molecule has 0 saturated carbocycles. The van der Waals surface area contributed by atoms with Crippen molar-refractivity contribution in [1.29, 1.82) is 0 Å². The van der Waals surface area contributed by atoms with Gasteiger partial charge in [-0.15, -0.1) is 0 Å². The molecular weight excluding hydrogens is 260 g/mol. The normalized spacial score (nSPS) is 10.2. The summed E-state index contributed by atoms with van der Waals surface area (Å²) in [5, 5.41) is 6.26. The zero-order valence-electron chi connectivity index (χ0n) is 12.6. The van der Waals surface area contributed by atoms with E-state index in [9.17, 15) is 4.79 Å². The molecule has 0 aromatic heterocycles. The molecule has 2 rings (SSSR count). The highest BCUT2D eigenvalue weighted by molar-refractivity contribution is 5.89. The van der Waals surface area contributed by atoms with Gasteiger partial charge >= 0.3 is 0 Å². The Balaban J connectivity index is 1.86. The van der Waals surface area contributed by atoms with Crippen molar-refractivity contribution < 1.29 is 4.79 Å². The topological polar surface area (TPSA) is 41.1 Å². The highest BCUT2D eigenvalue weighted by atomic mass is 16.1. The number of rotatable bonds is 6. The Labute approximate surface area is 126 Å². The number of benzene rings is 2. The van der Waals surface area contributed by atoms with Crippen molar-refractivity contribution in [3.05, 3.63) is 59.7 Å². The Morgan fingerprint density at radius 3 is 2.57 bits per heavy atom. The van der Waals surface area contributed by atoms with Crippen molar-refractivity contribution in [2.75, 3.05) is 17.2 Å². The number of carbonyl (C=O) groups is 1. The largest absolute Gasteiger partial charge is 0.385 e. The summed E-state index contributed by atoms with van der Waals surface area (Å²) in [5.74, 6) is -0.0473. The summed E-state index contributed by atoms with van der Waals surface area (Å²) in [4.78, 5) is 11.1.